The van der Waals surface area contributed by atoms with Crippen LogP contribution in [0.5, 0.6) is 0 Å². The molecule has 2 aromatic rings. The predicted octanol–water partition coefficient (Wildman–Crippen LogP) is 4.38. The van der Waals surface area contributed by atoms with Gasteiger partial charge in [0, 0.05) is 16.8 Å². The fraction of sp³-hybridized carbons (Fsp3) is 0.409. The quantitative estimate of drug-likeness (QED) is 0.380. The fourth-order valence-corrected chi connectivity index (χ4v) is 5.25. The average Bonchev–Trinajstić information content (AvgIpc) is 2.73. The number of aliphatic carboxylic acids is 1. The van der Waals surface area contributed by atoms with Gasteiger partial charge in [0.05, 0.1) is 31.4 Å². The molecule has 2 nitrogen and oxygen atoms in total. The first kappa shape index (κ1) is 25.1. The van der Waals surface area contributed by atoms with Gasteiger partial charge in [-0.3, -0.25) is 4.79 Å². The van der Waals surface area contributed by atoms with Gasteiger partial charge in [0.25, 0.3) is 5.97 Å². The number of hydrogen-bond donors (Lipinski definition) is 1. The van der Waals surface area contributed by atoms with E-state index in [4.69, 9.17) is 31.4 Å². The van der Waals surface area contributed by atoms with E-state index < -0.39 is 16.4 Å². The molecule has 0 spiro atoms. The number of thioether (sulfide) groups is 2. The number of carboxylic acid groups (broad SMARTS) is 1. The first-order valence-corrected chi connectivity index (χ1v) is 12.1. The van der Waals surface area contributed by atoms with Crippen molar-refractivity contribution in [3.05, 3.63) is 71.8 Å². The number of carbonyl (C=O) groups is 1. The van der Waals surface area contributed by atoms with Crippen LogP contribution in [0.15, 0.2) is 60.7 Å². The molecule has 2 aromatic carbocycles. The molecular formula is C22H24B4O2S2. The van der Waals surface area contributed by atoms with Crippen molar-refractivity contribution in [2.45, 2.75) is 46.4 Å². The van der Waals surface area contributed by atoms with E-state index >= 15 is 0 Å². The molecule has 0 saturated carbocycles. The molecule has 0 bridgehead atoms. The van der Waals surface area contributed by atoms with Crippen LogP contribution in [0.25, 0.3) is 0 Å². The summed E-state index contributed by atoms with van der Waals surface area (Å²) < 4.78 is 0. The first-order chi connectivity index (χ1) is 14.2. The van der Waals surface area contributed by atoms with E-state index in [1.165, 1.54) is 11.1 Å². The SMILES string of the molecule is [B]C([B])(CCC(CCSCc1ccccc1)SCc1ccccc1)C([B])([B])C(=O)O. The summed E-state index contributed by atoms with van der Waals surface area (Å²) in [6.07, 6.45) is 1.82. The van der Waals surface area contributed by atoms with Crippen LogP contribution in [0.2, 0.25) is 10.4 Å². The third-order valence-corrected chi connectivity index (χ3v) is 7.53. The molecule has 0 fully saturated rings. The van der Waals surface area contributed by atoms with Gasteiger partial charge in [-0.2, -0.15) is 23.5 Å². The van der Waals surface area contributed by atoms with Gasteiger partial charge >= 0.3 is 0 Å². The zero-order chi connectivity index (χ0) is 22.0. The molecule has 1 atom stereocenters. The Hall–Kier alpha value is -1.13. The molecule has 30 heavy (non-hydrogen) atoms. The maximum atomic E-state index is 11.4. The molecule has 8 radical (unpaired) electrons. The summed E-state index contributed by atoms with van der Waals surface area (Å²) in [5.74, 6) is 1.41. The highest BCUT2D eigenvalue weighted by Crippen LogP contribution is 2.46. The fourth-order valence-electron chi connectivity index (χ4n) is 2.88. The zero-order valence-electron chi connectivity index (χ0n) is 17.1. The number of hydrogen-bond acceptors (Lipinski definition) is 3. The van der Waals surface area contributed by atoms with Crippen LogP contribution in [0.3, 0.4) is 0 Å². The van der Waals surface area contributed by atoms with Gasteiger partial charge in [0.2, 0.25) is 0 Å². The Morgan fingerprint density at radius 2 is 1.40 bits per heavy atom. The lowest BCUT2D eigenvalue weighted by atomic mass is 9.29. The lowest BCUT2D eigenvalue weighted by Crippen LogP contribution is -2.39. The van der Waals surface area contributed by atoms with Gasteiger partial charge in [0.15, 0.2) is 0 Å². The monoisotopic (exact) mass is 428 g/mol. The summed E-state index contributed by atoms with van der Waals surface area (Å²) >= 11 is 3.71. The van der Waals surface area contributed by atoms with E-state index in [2.05, 4.69) is 24.3 Å². The van der Waals surface area contributed by atoms with Crippen LogP contribution >= 0.6 is 23.5 Å². The summed E-state index contributed by atoms with van der Waals surface area (Å²) in [6.45, 7) is 0. The van der Waals surface area contributed by atoms with Crippen molar-refractivity contribution < 1.29 is 9.90 Å². The summed E-state index contributed by atoms with van der Waals surface area (Å²) in [5, 5.41) is 5.66. The van der Waals surface area contributed by atoms with E-state index in [9.17, 15) is 9.90 Å². The summed E-state index contributed by atoms with van der Waals surface area (Å²) in [6, 6.07) is 20.6. The van der Waals surface area contributed by atoms with Crippen LogP contribution in [0.4, 0.5) is 0 Å². The van der Waals surface area contributed by atoms with Crippen LogP contribution < -0.4 is 0 Å². The molecule has 1 N–H and O–H groups in total. The molecule has 148 valence electrons. The van der Waals surface area contributed by atoms with E-state index in [-0.39, 0.29) is 11.7 Å². The van der Waals surface area contributed by atoms with E-state index in [1.807, 2.05) is 59.9 Å². The van der Waals surface area contributed by atoms with Crippen molar-refractivity contribution in [1.82, 2.24) is 0 Å². The molecule has 0 aliphatic carbocycles. The number of rotatable bonds is 13. The maximum absolute atomic E-state index is 11.4. The Kier molecular flexibility index (Phi) is 10.1. The van der Waals surface area contributed by atoms with E-state index in [0.717, 1.165) is 23.7 Å². The summed E-state index contributed by atoms with van der Waals surface area (Å²) in [4.78, 5) is 11.4. The lowest BCUT2D eigenvalue weighted by molar-refractivity contribution is -0.138. The molecule has 0 aliphatic rings. The summed E-state index contributed by atoms with van der Waals surface area (Å²) in [5.41, 5.74) is 2.55. The van der Waals surface area contributed by atoms with Crippen molar-refractivity contribution in [1.29, 1.82) is 0 Å². The van der Waals surface area contributed by atoms with Crippen molar-refractivity contribution in [3.8, 4) is 0 Å². The van der Waals surface area contributed by atoms with Crippen molar-refractivity contribution in [2.24, 2.45) is 0 Å². The predicted molar refractivity (Wildman–Crippen MR) is 134 cm³/mol. The van der Waals surface area contributed by atoms with Crippen molar-refractivity contribution in [2.75, 3.05) is 5.75 Å². The second-order valence-corrected chi connectivity index (χ2v) is 9.89. The minimum Gasteiger partial charge on any atom is -0.482 e. The Labute approximate surface area is 194 Å². The van der Waals surface area contributed by atoms with E-state index in [0.29, 0.717) is 6.42 Å². The zero-order valence-corrected chi connectivity index (χ0v) is 18.7. The van der Waals surface area contributed by atoms with Crippen LogP contribution in [0.1, 0.15) is 30.4 Å². The third kappa shape index (κ3) is 7.85. The van der Waals surface area contributed by atoms with E-state index in [1.54, 1.807) is 0 Å². The number of benzene rings is 2. The van der Waals surface area contributed by atoms with Gasteiger partial charge in [-0.15, -0.1) is 0 Å². The van der Waals surface area contributed by atoms with Crippen molar-refractivity contribution >= 4 is 60.9 Å². The van der Waals surface area contributed by atoms with Crippen LogP contribution in [-0.2, 0) is 16.3 Å². The maximum Gasteiger partial charge on any atom is 0.291 e. The van der Waals surface area contributed by atoms with Crippen LogP contribution in [-0.4, -0.2) is 53.5 Å². The first-order valence-electron chi connectivity index (χ1n) is 9.88. The normalized spacial score (nSPS) is 13.1. The van der Waals surface area contributed by atoms with Gasteiger partial charge in [-0.25, -0.2) is 0 Å². The molecule has 0 amide bonds. The van der Waals surface area contributed by atoms with Gasteiger partial charge < -0.3 is 5.11 Å². The Balaban J connectivity index is 1.91. The molecule has 2 rings (SSSR count). The van der Waals surface area contributed by atoms with Gasteiger partial charge in [0.1, 0.15) is 0 Å². The number of carboxylic acids is 1. The second kappa shape index (κ2) is 12.0. The molecule has 0 aromatic heterocycles. The summed E-state index contributed by atoms with van der Waals surface area (Å²) in [7, 11) is 23.4. The lowest BCUT2D eigenvalue weighted by Gasteiger charge is -2.41. The second-order valence-electron chi connectivity index (χ2n) is 7.50. The smallest absolute Gasteiger partial charge is 0.291 e. The van der Waals surface area contributed by atoms with Crippen molar-refractivity contribution in [3.63, 3.8) is 0 Å². The van der Waals surface area contributed by atoms with Gasteiger partial charge in [-0.1, -0.05) is 72.3 Å². The minimum atomic E-state index is -2.18. The standard InChI is InChI=1S/C22H24B4O2S2/c23-21(24,22(25,26)20(27)28)13-11-19(30-16-18-9-5-2-6-10-18)12-14-29-15-17-7-3-1-4-8-17/h1-10,19H,11-16H2,(H,27,28). The molecule has 0 heterocycles. The highest BCUT2D eigenvalue weighted by atomic mass is 32.2. The Bertz CT molecular complexity index is 773. The molecule has 0 aliphatic heterocycles. The Morgan fingerprint density at radius 3 is 1.93 bits per heavy atom. The highest BCUT2D eigenvalue weighted by Gasteiger charge is 2.40. The topological polar surface area (TPSA) is 37.3 Å². The average molecular weight is 428 g/mol. The molecular weight excluding hydrogens is 404 g/mol. The minimum absolute atomic E-state index is 0.224. The van der Waals surface area contributed by atoms with Gasteiger partial charge in [-0.05, 0) is 34.9 Å². The third-order valence-electron chi connectivity index (χ3n) is 5.03. The molecule has 8 heteroatoms. The molecule has 1 unspecified atom stereocenters. The largest absolute Gasteiger partial charge is 0.482 e. The Morgan fingerprint density at radius 1 is 0.867 bits per heavy atom. The molecule has 0 saturated heterocycles. The highest BCUT2D eigenvalue weighted by molar-refractivity contribution is 7.99. The van der Waals surface area contributed by atoms with Crippen LogP contribution in [0, 0.1) is 0 Å².